The number of esters is 1. The minimum absolute atomic E-state index is 0.00824. The van der Waals surface area contributed by atoms with Gasteiger partial charge in [-0.05, 0) is 41.5 Å². The van der Waals surface area contributed by atoms with Gasteiger partial charge in [-0.25, -0.2) is 4.79 Å². The highest BCUT2D eigenvalue weighted by molar-refractivity contribution is 6.42. The van der Waals surface area contributed by atoms with E-state index in [0.29, 0.717) is 15.6 Å². The van der Waals surface area contributed by atoms with Crippen LogP contribution < -0.4 is 4.90 Å². The van der Waals surface area contributed by atoms with Crippen LogP contribution in [-0.4, -0.2) is 20.1 Å². The van der Waals surface area contributed by atoms with E-state index in [1.807, 2.05) is 49.3 Å². The van der Waals surface area contributed by atoms with Crippen LogP contribution >= 0.6 is 23.2 Å². The molecule has 0 unspecified atom stereocenters. The molecule has 0 aliphatic rings. The highest BCUT2D eigenvalue weighted by Crippen LogP contribution is 2.23. The van der Waals surface area contributed by atoms with E-state index in [2.05, 4.69) is 0 Å². The van der Waals surface area contributed by atoms with Gasteiger partial charge in [-0.1, -0.05) is 41.4 Å². The summed E-state index contributed by atoms with van der Waals surface area (Å²) < 4.78 is 5.17. The Labute approximate surface area is 156 Å². The first-order chi connectivity index (χ1) is 11.9. The van der Waals surface area contributed by atoms with Crippen LogP contribution in [0.3, 0.4) is 0 Å². The third-order valence-corrected chi connectivity index (χ3v) is 4.15. The molecule has 0 radical (unpaired) electrons. The van der Waals surface area contributed by atoms with E-state index >= 15 is 0 Å². The monoisotopic (exact) mass is 374 g/mol. The second-order valence-corrected chi connectivity index (χ2v) is 6.29. The topological polar surface area (TPSA) is 53.3 Å². The van der Waals surface area contributed by atoms with E-state index in [-0.39, 0.29) is 12.2 Å². The molecule has 2 aromatic carbocycles. The van der Waals surface area contributed by atoms with Crippen molar-refractivity contribution >= 4 is 40.9 Å². The van der Waals surface area contributed by atoms with Crippen LogP contribution in [0.15, 0.2) is 48.0 Å². The van der Waals surface area contributed by atoms with Crippen molar-refractivity contribution in [2.45, 2.75) is 6.61 Å². The van der Waals surface area contributed by atoms with E-state index in [1.165, 1.54) is 6.08 Å². The highest BCUT2D eigenvalue weighted by atomic mass is 35.5. The summed E-state index contributed by atoms with van der Waals surface area (Å²) in [5, 5.41) is 10.0. The molecule has 0 amide bonds. The zero-order valence-corrected chi connectivity index (χ0v) is 15.3. The summed E-state index contributed by atoms with van der Waals surface area (Å²) in [5.74, 6) is -0.690. The summed E-state index contributed by atoms with van der Waals surface area (Å²) in [7, 11) is 3.87. The van der Waals surface area contributed by atoms with Crippen LogP contribution in [0.1, 0.15) is 11.1 Å². The average Bonchev–Trinajstić information content (AvgIpc) is 2.60. The highest BCUT2D eigenvalue weighted by Gasteiger charge is 2.11. The van der Waals surface area contributed by atoms with Gasteiger partial charge in [-0.3, -0.25) is 0 Å². The first-order valence-corrected chi connectivity index (χ1v) is 8.16. The van der Waals surface area contributed by atoms with Crippen molar-refractivity contribution in [1.82, 2.24) is 0 Å². The first-order valence-electron chi connectivity index (χ1n) is 7.41. The third-order valence-electron chi connectivity index (χ3n) is 3.41. The van der Waals surface area contributed by atoms with Gasteiger partial charge in [-0.15, -0.1) is 0 Å². The summed E-state index contributed by atoms with van der Waals surface area (Å²) >= 11 is 11.8. The summed E-state index contributed by atoms with van der Waals surface area (Å²) in [6, 6.07) is 14.3. The average molecular weight is 375 g/mol. The normalized spacial score (nSPS) is 10.9. The van der Waals surface area contributed by atoms with Gasteiger partial charge < -0.3 is 9.64 Å². The lowest BCUT2D eigenvalue weighted by atomic mass is 10.1. The number of halogens is 2. The number of ether oxygens (including phenoxy) is 1. The summed E-state index contributed by atoms with van der Waals surface area (Å²) in [4.78, 5) is 14.1. The molecule has 0 saturated carbocycles. The molecule has 0 saturated heterocycles. The second kappa shape index (κ2) is 8.57. The minimum Gasteiger partial charge on any atom is -0.457 e. The van der Waals surface area contributed by atoms with Gasteiger partial charge in [-0.2, -0.15) is 5.26 Å². The molecular weight excluding hydrogens is 359 g/mol. The number of carbonyl (C=O) groups is 1. The Morgan fingerprint density at radius 1 is 1.16 bits per heavy atom. The minimum atomic E-state index is -0.690. The smallest absolute Gasteiger partial charge is 0.349 e. The second-order valence-electron chi connectivity index (χ2n) is 5.48. The molecular formula is C19H16Cl2N2O2. The fraction of sp³-hybridized carbons (Fsp3) is 0.158. The number of nitriles is 1. The molecule has 0 aromatic heterocycles. The maximum atomic E-state index is 12.1. The zero-order valence-electron chi connectivity index (χ0n) is 13.8. The quantitative estimate of drug-likeness (QED) is 0.432. The van der Waals surface area contributed by atoms with Crippen molar-refractivity contribution in [3.05, 3.63) is 69.2 Å². The molecule has 4 nitrogen and oxygen atoms in total. The molecule has 0 aliphatic carbocycles. The van der Waals surface area contributed by atoms with Crippen molar-refractivity contribution in [1.29, 1.82) is 5.26 Å². The molecule has 6 heteroatoms. The number of nitrogens with zero attached hydrogens (tertiary/aromatic N) is 2. The Morgan fingerprint density at radius 3 is 2.40 bits per heavy atom. The number of carbonyl (C=O) groups excluding carboxylic acids is 1. The van der Waals surface area contributed by atoms with Crippen molar-refractivity contribution < 1.29 is 9.53 Å². The molecule has 0 heterocycles. The molecule has 0 aliphatic heterocycles. The molecule has 0 fully saturated rings. The fourth-order valence-electron chi connectivity index (χ4n) is 2.03. The fourth-order valence-corrected chi connectivity index (χ4v) is 2.35. The van der Waals surface area contributed by atoms with Crippen LogP contribution in [0.4, 0.5) is 5.69 Å². The number of benzene rings is 2. The van der Waals surface area contributed by atoms with Crippen LogP contribution in [0.25, 0.3) is 6.08 Å². The summed E-state index contributed by atoms with van der Waals surface area (Å²) in [6.45, 7) is 0.00824. The predicted octanol–water partition coefficient (Wildman–Crippen LogP) is 4.71. The number of rotatable bonds is 5. The number of hydrogen-bond acceptors (Lipinski definition) is 4. The Morgan fingerprint density at radius 2 is 1.84 bits per heavy atom. The number of anilines is 1. The van der Waals surface area contributed by atoms with Gasteiger partial charge in [0.2, 0.25) is 0 Å². The SMILES string of the molecule is CN(C)c1ccc(/C=C(\C#N)C(=O)OCc2ccc(Cl)c(Cl)c2)cc1. The van der Waals surface area contributed by atoms with Gasteiger partial charge in [0.15, 0.2) is 0 Å². The van der Waals surface area contributed by atoms with Crippen molar-refractivity contribution in [3.63, 3.8) is 0 Å². The van der Waals surface area contributed by atoms with Crippen molar-refractivity contribution in [3.8, 4) is 6.07 Å². The Balaban J connectivity index is 2.07. The van der Waals surface area contributed by atoms with Gasteiger partial charge in [0.25, 0.3) is 0 Å². The molecule has 0 atom stereocenters. The number of hydrogen-bond donors (Lipinski definition) is 0. The van der Waals surface area contributed by atoms with Gasteiger partial charge in [0, 0.05) is 19.8 Å². The maximum Gasteiger partial charge on any atom is 0.349 e. The van der Waals surface area contributed by atoms with Gasteiger partial charge in [0.1, 0.15) is 18.2 Å². The Kier molecular flexibility index (Phi) is 6.46. The van der Waals surface area contributed by atoms with E-state index < -0.39 is 5.97 Å². The van der Waals surface area contributed by atoms with E-state index in [0.717, 1.165) is 11.3 Å². The molecule has 0 N–H and O–H groups in total. The van der Waals surface area contributed by atoms with Crippen LogP contribution in [0.2, 0.25) is 10.0 Å². The largest absolute Gasteiger partial charge is 0.457 e. The van der Waals surface area contributed by atoms with Crippen molar-refractivity contribution in [2.75, 3.05) is 19.0 Å². The lowest BCUT2D eigenvalue weighted by Gasteiger charge is -2.11. The molecule has 128 valence electrons. The van der Waals surface area contributed by atoms with Crippen LogP contribution in [-0.2, 0) is 16.1 Å². The zero-order chi connectivity index (χ0) is 18.4. The third kappa shape index (κ3) is 5.25. The molecule has 0 spiro atoms. The van der Waals surface area contributed by atoms with Crippen LogP contribution in [0.5, 0.6) is 0 Å². The van der Waals surface area contributed by atoms with Crippen LogP contribution in [0, 0.1) is 11.3 Å². The van der Waals surface area contributed by atoms with E-state index in [4.69, 9.17) is 27.9 Å². The lowest BCUT2D eigenvalue weighted by Crippen LogP contribution is -2.08. The maximum absolute atomic E-state index is 12.1. The predicted molar refractivity (Wildman–Crippen MR) is 101 cm³/mol. The molecule has 25 heavy (non-hydrogen) atoms. The lowest BCUT2D eigenvalue weighted by molar-refractivity contribution is -0.139. The molecule has 0 bridgehead atoms. The Hall–Kier alpha value is -2.48. The molecule has 2 rings (SSSR count). The summed E-state index contributed by atoms with van der Waals surface area (Å²) in [6.07, 6.45) is 1.50. The van der Waals surface area contributed by atoms with Gasteiger partial charge in [0.05, 0.1) is 10.0 Å². The standard InChI is InChI=1S/C19H16Cl2N2O2/c1-23(2)16-6-3-13(4-7-16)9-15(11-22)19(24)25-12-14-5-8-17(20)18(21)10-14/h3-10H,12H2,1-2H3/b15-9+. The first kappa shape index (κ1) is 18.9. The summed E-state index contributed by atoms with van der Waals surface area (Å²) in [5.41, 5.74) is 2.39. The van der Waals surface area contributed by atoms with Crippen molar-refractivity contribution in [2.24, 2.45) is 0 Å². The van der Waals surface area contributed by atoms with E-state index in [9.17, 15) is 10.1 Å². The Bertz CT molecular complexity index is 837. The van der Waals surface area contributed by atoms with Gasteiger partial charge >= 0.3 is 5.97 Å². The van der Waals surface area contributed by atoms with E-state index in [1.54, 1.807) is 18.2 Å². The molecule has 2 aromatic rings.